The van der Waals surface area contributed by atoms with Gasteiger partial charge in [0.15, 0.2) is 0 Å². The lowest BCUT2D eigenvalue weighted by Crippen LogP contribution is -2.43. The lowest BCUT2D eigenvalue weighted by Gasteiger charge is -2.24. The van der Waals surface area contributed by atoms with E-state index in [1.165, 1.54) is 0 Å². The van der Waals surface area contributed by atoms with Gasteiger partial charge >= 0.3 is 12.3 Å². The fourth-order valence-corrected chi connectivity index (χ4v) is 1.80. The van der Waals surface area contributed by atoms with Crippen molar-refractivity contribution < 1.29 is 27.4 Å². The second-order valence-electron chi connectivity index (χ2n) is 6.16. The van der Waals surface area contributed by atoms with Gasteiger partial charge in [0.25, 0.3) is 0 Å². The number of rotatable bonds is 6. The maximum absolute atomic E-state index is 12.6. The maximum Gasteiger partial charge on any atom is 0.407 e. The molecule has 0 aliphatic rings. The van der Waals surface area contributed by atoms with Gasteiger partial charge < -0.3 is 14.8 Å². The van der Waals surface area contributed by atoms with E-state index in [0.29, 0.717) is 0 Å². The lowest BCUT2D eigenvalue weighted by atomic mass is 10.2. The molecule has 0 unspecified atom stereocenters. The molecule has 0 spiro atoms. The zero-order valence-corrected chi connectivity index (χ0v) is 13.4. The predicted molar refractivity (Wildman–Crippen MR) is 79.9 cm³/mol. The molecule has 23 heavy (non-hydrogen) atoms. The van der Waals surface area contributed by atoms with Crippen LogP contribution in [0, 0.1) is 0 Å². The molecule has 1 rings (SSSR count). The molecule has 0 fully saturated rings. The fraction of sp³-hybridized carbons (Fsp3) is 0.562. The first-order valence-corrected chi connectivity index (χ1v) is 7.23. The highest BCUT2D eigenvalue weighted by Crippen LogP contribution is 2.22. The highest BCUT2D eigenvalue weighted by Gasteiger charge is 2.33. The Morgan fingerprint density at radius 1 is 1.17 bits per heavy atom. The topological polar surface area (TPSA) is 47.6 Å². The van der Waals surface area contributed by atoms with Gasteiger partial charge in [0.2, 0.25) is 0 Å². The highest BCUT2D eigenvalue weighted by atomic mass is 19.4. The summed E-state index contributed by atoms with van der Waals surface area (Å²) < 4.78 is 48.1. The first-order valence-electron chi connectivity index (χ1n) is 7.23. The second-order valence-corrected chi connectivity index (χ2v) is 6.16. The van der Waals surface area contributed by atoms with Gasteiger partial charge in [-0.15, -0.1) is 0 Å². The van der Waals surface area contributed by atoms with Gasteiger partial charge in [0, 0.05) is 0 Å². The summed E-state index contributed by atoms with van der Waals surface area (Å²) in [7, 11) is 0. The van der Waals surface area contributed by atoms with Crippen LogP contribution in [0.1, 0.15) is 32.8 Å². The number of benzene rings is 1. The number of ether oxygens (including phenoxy) is 2. The highest BCUT2D eigenvalue weighted by molar-refractivity contribution is 5.68. The van der Waals surface area contributed by atoms with Crippen LogP contribution >= 0.6 is 0 Å². The van der Waals surface area contributed by atoms with Crippen molar-refractivity contribution in [3.05, 3.63) is 35.9 Å². The molecule has 0 radical (unpaired) electrons. The average molecular weight is 333 g/mol. The molecule has 0 saturated heterocycles. The molecule has 4 nitrogen and oxygen atoms in total. The van der Waals surface area contributed by atoms with E-state index in [4.69, 9.17) is 9.47 Å². The van der Waals surface area contributed by atoms with Gasteiger partial charge in [-0.3, -0.25) is 0 Å². The van der Waals surface area contributed by atoms with Crippen molar-refractivity contribution in [2.45, 2.75) is 51.6 Å². The van der Waals surface area contributed by atoms with Gasteiger partial charge in [-0.2, -0.15) is 13.2 Å². The maximum atomic E-state index is 12.6. The van der Waals surface area contributed by atoms with Crippen LogP contribution in [0.25, 0.3) is 0 Å². The van der Waals surface area contributed by atoms with Crippen LogP contribution in [0.5, 0.6) is 0 Å². The molecule has 0 aliphatic carbocycles. The van der Waals surface area contributed by atoms with E-state index in [1.54, 1.807) is 32.9 Å². The van der Waals surface area contributed by atoms with Crippen molar-refractivity contribution in [2.24, 2.45) is 0 Å². The summed E-state index contributed by atoms with van der Waals surface area (Å²) >= 11 is 0. The smallest absolute Gasteiger partial charge is 0.407 e. The fourth-order valence-electron chi connectivity index (χ4n) is 1.80. The van der Waals surface area contributed by atoms with E-state index < -0.39 is 30.3 Å². The zero-order valence-electron chi connectivity index (χ0n) is 13.4. The Kier molecular flexibility index (Phi) is 6.87. The Balaban J connectivity index is 2.53. The van der Waals surface area contributed by atoms with Crippen LogP contribution in [0.4, 0.5) is 18.0 Å². The third-order valence-corrected chi connectivity index (χ3v) is 2.63. The first kappa shape index (κ1) is 19.3. The number of carbonyl (C=O) groups excluding carboxylic acids is 1. The van der Waals surface area contributed by atoms with E-state index in [1.807, 2.05) is 18.2 Å². The largest absolute Gasteiger partial charge is 0.444 e. The Hall–Kier alpha value is -1.76. The van der Waals surface area contributed by atoms with E-state index >= 15 is 0 Å². The molecule has 0 bridgehead atoms. The minimum atomic E-state index is -4.41. The standard InChI is InChI=1S/C16H22F3NO3/c1-15(2,3)23-14(21)20-13(9-16(17,18)19)11-22-10-12-7-5-4-6-8-12/h4-8,13H,9-11H2,1-3H3,(H,20,21)/t13-/m1/s1. The SMILES string of the molecule is CC(C)(C)OC(=O)N[C@@H](COCc1ccccc1)CC(F)(F)F. The summed E-state index contributed by atoms with van der Waals surface area (Å²) in [4.78, 5) is 11.6. The minimum Gasteiger partial charge on any atom is -0.444 e. The van der Waals surface area contributed by atoms with E-state index in [9.17, 15) is 18.0 Å². The van der Waals surface area contributed by atoms with Crippen LogP contribution in [0.2, 0.25) is 0 Å². The molecule has 130 valence electrons. The number of carbonyl (C=O) groups is 1. The molecular formula is C16H22F3NO3. The second kappa shape index (κ2) is 8.19. The number of amides is 1. The summed E-state index contributed by atoms with van der Waals surface area (Å²) in [5.41, 5.74) is 0.0631. The summed E-state index contributed by atoms with van der Waals surface area (Å²) in [5.74, 6) is 0. The third-order valence-electron chi connectivity index (χ3n) is 2.63. The molecule has 7 heteroatoms. The number of halogens is 3. The monoisotopic (exact) mass is 333 g/mol. The summed E-state index contributed by atoms with van der Waals surface area (Å²) in [6.45, 7) is 4.82. The number of alkyl halides is 3. The summed E-state index contributed by atoms with van der Waals surface area (Å²) in [6.07, 6.45) is -6.48. The van der Waals surface area contributed by atoms with Crippen molar-refractivity contribution in [1.82, 2.24) is 5.32 Å². The number of hydrogen-bond donors (Lipinski definition) is 1. The number of hydrogen-bond acceptors (Lipinski definition) is 3. The molecule has 1 aromatic carbocycles. The summed E-state index contributed by atoms with van der Waals surface area (Å²) in [5, 5.41) is 2.21. The van der Waals surface area contributed by atoms with Crippen molar-refractivity contribution in [2.75, 3.05) is 6.61 Å². The average Bonchev–Trinajstić information content (AvgIpc) is 2.35. The Bertz CT molecular complexity index is 484. The van der Waals surface area contributed by atoms with Crippen LogP contribution in [0.15, 0.2) is 30.3 Å². The molecule has 0 saturated carbocycles. The van der Waals surface area contributed by atoms with Crippen LogP contribution in [-0.4, -0.2) is 30.5 Å². The summed E-state index contributed by atoms with van der Waals surface area (Å²) in [6, 6.07) is 7.86. The lowest BCUT2D eigenvalue weighted by molar-refractivity contribution is -0.143. The normalized spacial score (nSPS) is 13.5. The Morgan fingerprint density at radius 2 is 1.78 bits per heavy atom. The van der Waals surface area contributed by atoms with Gasteiger partial charge in [-0.25, -0.2) is 4.79 Å². The Morgan fingerprint density at radius 3 is 2.30 bits per heavy atom. The quantitative estimate of drug-likeness (QED) is 0.854. The van der Waals surface area contributed by atoms with Gasteiger partial charge in [0.1, 0.15) is 5.60 Å². The molecule has 0 aromatic heterocycles. The van der Waals surface area contributed by atoms with E-state index in [-0.39, 0.29) is 13.2 Å². The Labute approximate surface area is 134 Å². The van der Waals surface area contributed by atoms with Crippen molar-refractivity contribution >= 4 is 6.09 Å². The van der Waals surface area contributed by atoms with E-state index in [0.717, 1.165) is 5.56 Å². The zero-order chi connectivity index (χ0) is 17.5. The van der Waals surface area contributed by atoms with Gasteiger partial charge in [-0.05, 0) is 26.3 Å². The van der Waals surface area contributed by atoms with Crippen molar-refractivity contribution in [1.29, 1.82) is 0 Å². The van der Waals surface area contributed by atoms with Gasteiger partial charge in [0.05, 0.1) is 25.7 Å². The predicted octanol–water partition coefficient (Wildman–Crippen LogP) is 4.05. The molecule has 0 aliphatic heterocycles. The first-order chi connectivity index (χ1) is 10.6. The van der Waals surface area contributed by atoms with Crippen molar-refractivity contribution in [3.63, 3.8) is 0 Å². The molecule has 1 aromatic rings. The molecule has 0 heterocycles. The van der Waals surface area contributed by atoms with E-state index in [2.05, 4.69) is 5.32 Å². The van der Waals surface area contributed by atoms with Crippen molar-refractivity contribution in [3.8, 4) is 0 Å². The van der Waals surface area contributed by atoms with Gasteiger partial charge in [-0.1, -0.05) is 30.3 Å². The van der Waals surface area contributed by atoms with Crippen LogP contribution in [-0.2, 0) is 16.1 Å². The van der Waals surface area contributed by atoms with Crippen LogP contribution < -0.4 is 5.32 Å². The minimum absolute atomic E-state index is 0.172. The number of nitrogens with one attached hydrogen (secondary N) is 1. The molecule has 1 amide bonds. The number of alkyl carbamates (subject to hydrolysis) is 1. The van der Waals surface area contributed by atoms with Crippen LogP contribution in [0.3, 0.4) is 0 Å². The molecule has 1 atom stereocenters. The molecule has 1 N–H and O–H groups in total. The third kappa shape index (κ3) is 9.78. The molecular weight excluding hydrogens is 311 g/mol.